The van der Waals surface area contributed by atoms with Gasteiger partial charge in [-0.2, -0.15) is 0 Å². The number of piperidine rings is 1. The summed E-state index contributed by atoms with van der Waals surface area (Å²) in [6, 6.07) is 10.8. The number of amides is 1. The van der Waals surface area contributed by atoms with Crippen LogP contribution in [0.2, 0.25) is 0 Å². The smallest absolute Gasteiger partial charge is 0.243 e. The summed E-state index contributed by atoms with van der Waals surface area (Å²) in [4.78, 5) is 20.5. The maximum atomic E-state index is 11.9. The molecule has 1 fully saturated rings. The van der Waals surface area contributed by atoms with Crippen LogP contribution < -0.4 is 10.6 Å². The van der Waals surface area contributed by atoms with Crippen molar-refractivity contribution < 1.29 is 4.79 Å². The number of carbonyl (C=O) groups excluding carboxylic acids is 1. The molecule has 6 nitrogen and oxygen atoms in total. The van der Waals surface area contributed by atoms with Crippen molar-refractivity contribution in [1.29, 1.82) is 0 Å². The van der Waals surface area contributed by atoms with Crippen molar-refractivity contribution in [3.05, 3.63) is 48.0 Å². The molecule has 0 bridgehead atoms. The lowest BCUT2D eigenvalue weighted by Crippen LogP contribution is -2.49. The first-order valence-corrected chi connectivity index (χ1v) is 10.1. The van der Waals surface area contributed by atoms with E-state index in [-0.39, 0.29) is 12.5 Å². The first-order valence-electron chi connectivity index (χ1n) is 10.1. The summed E-state index contributed by atoms with van der Waals surface area (Å²) in [7, 11) is 3.51. The first-order chi connectivity index (χ1) is 13.4. The topological polar surface area (TPSA) is 60.0 Å². The summed E-state index contributed by atoms with van der Waals surface area (Å²) in [5, 5.41) is 6.92. The number of hydrogen-bond acceptors (Lipinski definition) is 3. The number of likely N-dealkylation sites (N-methyl/N-ethyl adjacent to an activating group) is 1. The van der Waals surface area contributed by atoms with Gasteiger partial charge in [-0.15, -0.1) is 0 Å². The minimum absolute atomic E-state index is 0.000405. The lowest BCUT2D eigenvalue weighted by atomic mass is 10.0. The minimum Gasteiger partial charge on any atom is -0.356 e. The van der Waals surface area contributed by atoms with Gasteiger partial charge < -0.3 is 15.5 Å². The van der Waals surface area contributed by atoms with Crippen LogP contribution in [0, 0.1) is 0 Å². The van der Waals surface area contributed by atoms with Gasteiger partial charge in [0.05, 0.1) is 0 Å². The number of carbonyl (C=O) groups is 1. The van der Waals surface area contributed by atoms with E-state index in [1.54, 1.807) is 19.0 Å². The normalized spacial score (nSPS) is 15.9. The molecule has 154 valence electrons. The molecular formula is C22H35N5O. The SMILES string of the molecule is C=C(C)CN1CCC(NC(=NCC(=O)N(C)C)NCCc2ccccc2)CC1. The van der Waals surface area contributed by atoms with Crippen LogP contribution in [-0.4, -0.2) is 74.5 Å². The van der Waals surface area contributed by atoms with Crippen molar-refractivity contribution in [2.45, 2.75) is 32.2 Å². The van der Waals surface area contributed by atoms with Crippen LogP contribution in [0.4, 0.5) is 0 Å². The number of rotatable bonds is 8. The van der Waals surface area contributed by atoms with E-state index in [1.807, 2.05) is 6.07 Å². The van der Waals surface area contributed by atoms with Gasteiger partial charge >= 0.3 is 0 Å². The molecule has 1 aliphatic rings. The van der Waals surface area contributed by atoms with E-state index < -0.39 is 0 Å². The number of aliphatic imine (C=N–C) groups is 1. The second kappa shape index (κ2) is 11.5. The van der Waals surface area contributed by atoms with Crippen LogP contribution in [0.3, 0.4) is 0 Å². The van der Waals surface area contributed by atoms with Gasteiger partial charge in [0.15, 0.2) is 5.96 Å². The highest BCUT2D eigenvalue weighted by atomic mass is 16.2. The van der Waals surface area contributed by atoms with Crippen molar-refractivity contribution in [2.75, 3.05) is 46.8 Å². The van der Waals surface area contributed by atoms with Crippen molar-refractivity contribution in [2.24, 2.45) is 4.99 Å². The summed E-state index contributed by atoms with van der Waals surface area (Å²) in [5.74, 6) is 0.727. The predicted octanol–water partition coefficient (Wildman–Crippen LogP) is 1.89. The summed E-state index contributed by atoms with van der Waals surface area (Å²) in [5.41, 5.74) is 2.49. The average molecular weight is 386 g/mol. The fraction of sp³-hybridized carbons (Fsp3) is 0.545. The number of nitrogens with zero attached hydrogens (tertiary/aromatic N) is 3. The van der Waals surface area contributed by atoms with Gasteiger partial charge in [0.1, 0.15) is 6.54 Å². The second-order valence-corrected chi connectivity index (χ2v) is 7.77. The van der Waals surface area contributed by atoms with E-state index in [0.717, 1.165) is 51.4 Å². The molecule has 0 aromatic heterocycles. The zero-order valence-electron chi connectivity index (χ0n) is 17.6. The first kappa shape index (κ1) is 22.0. The van der Waals surface area contributed by atoms with E-state index >= 15 is 0 Å². The van der Waals surface area contributed by atoms with Crippen molar-refractivity contribution in [1.82, 2.24) is 20.4 Å². The number of likely N-dealkylation sites (tertiary alicyclic amines) is 1. The highest BCUT2D eigenvalue weighted by Gasteiger charge is 2.20. The zero-order valence-corrected chi connectivity index (χ0v) is 17.6. The van der Waals surface area contributed by atoms with Gasteiger partial charge in [-0.25, -0.2) is 4.99 Å². The van der Waals surface area contributed by atoms with Crippen molar-refractivity contribution in [3.63, 3.8) is 0 Å². The molecule has 0 aliphatic carbocycles. The monoisotopic (exact) mass is 385 g/mol. The number of benzene rings is 1. The predicted molar refractivity (Wildman–Crippen MR) is 117 cm³/mol. The molecule has 1 saturated heterocycles. The van der Waals surface area contributed by atoms with E-state index in [9.17, 15) is 4.79 Å². The Morgan fingerprint density at radius 3 is 2.54 bits per heavy atom. The summed E-state index contributed by atoms with van der Waals surface area (Å²) >= 11 is 0. The standard InChI is InChI=1S/C22H35N5O/c1-18(2)17-27-14-11-20(12-15-27)25-22(24-16-21(28)26(3)4)23-13-10-19-8-6-5-7-9-19/h5-9,20H,1,10-17H2,2-4H3,(H2,23,24,25). The van der Waals surface area contributed by atoms with Crippen LogP contribution >= 0.6 is 0 Å². The third-order valence-corrected chi connectivity index (χ3v) is 4.84. The highest BCUT2D eigenvalue weighted by Crippen LogP contribution is 2.11. The average Bonchev–Trinajstić information content (AvgIpc) is 2.67. The Balaban J connectivity index is 1.87. The van der Waals surface area contributed by atoms with Crippen LogP contribution in [0.25, 0.3) is 0 Å². The highest BCUT2D eigenvalue weighted by molar-refractivity contribution is 5.84. The third kappa shape index (κ3) is 8.13. The van der Waals surface area contributed by atoms with Gasteiger partial charge in [-0.3, -0.25) is 9.69 Å². The van der Waals surface area contributed by atoms with Gasteiger partial charge in [0.2, 0.25) is 5.91 Å². The van der Waals surface area contributed by atoms with Gasteiger partial charge in [0.25, 0.3) is 0 Å². The number of nitrogens with one attached hydrogen (secondary N) is 2. The maximum absolute atomic E-state index is 11.9. The Bertz CT molecular complexity index is 648. The molecular weight excluding hydrogens is 350 g/mol. The molecule has 0 spiro atoms. The molecule has 2 N–H and O–H groups in total. The molecule has 28 heavy (non-hydrogen) atoms. The molecule has 1 aliphatic heterocycles. The van der Waals surface area contributed by atoms with Crippen LogP contribution in [0.1, 0.15) is 25.3 Å². The lowest BCUT2D eigenvalue weighted by Gasteiger charge is -2.33. The van der Waals surface area contributed by atoms with Gasteiger partial charge in [-0.05, 0) is 31.7 Å². The third-order valence-electron chi connectivity index (χ3n) is 4.84. The summed E-state index contributed by atoms with van der Waals surface area (Å²) in [6.07, 6.45) is 3.04. The van der Waals surface area contributed by atoms with E-state index in [4.69, 9.17) is 0 Å². The molecule has 6 heteroatoms. The van der Waals surface area contributed by atoms with Crippen LogP contribution in [0.15, 0.2) is 47.5 Å². The van der Waals surface area contributed by atoms with Gasteiger partial charge in [-0.1, -0.05) is 42.5 Å². The number of guanidine groups is 1. The molecule has 2 rings (SSSR count). The van der Waals surface area contributed by atoms with E-state index in [1.165, 1.54) is 11.1 Å². The van der Waals surface area contributed by atoms with Gasteiger partial charge in [0, 0.05) is 46.3 Å². The zero-order chi connectivity index (χ0) is 20.4. The van der Waals surface area contributed by atoms with Crippen LogP contribution in [-0.2, 0) is 11.2 Å². The quantitative estimate of drug-likeness (QED) is 0.408. The molecule has 0 radical (unpaired) electrons. The Hall–Kier alpha value is -2.34. The minimum atomic E-state index is 0.000405. The number of hydrogen-bond donors (Lipinski definition) is 2. The molecule has 1 amide bonds. The lowest BCUT2D eigenvalue weighted by molar-refractivity contribution is -0.127. The Kier molecular flexibility index (Phi) is 9.01. The summed E-state index contributed by atoms with van der Waals surface area (Å²) in [6.45, 7) is 10.1. The molecule has 0 unspecified atom stereocenters. The van der Waals surface area contributed by atoms with E-state index in [0.29, 0.717) is 6.04 Å². The molecule has 1 heterocycles. The fourth-order valence-electron chi connectivity index (χ4n) is 3.22. The Morgan fingerprint density at radius 1 is 1.25 bits per heavy atom. The summed E-state index contributed by atoms with van der Waals surface area (Å²) < 4.78 is 0. The van der Waals surface area contributed by atoms with Crippen molar-refractivity contribution in [3.8, 4) is 0 Å². The molecule has 1 aromatic carbocycles. The fourth-order valence-corrected chi connectivity index (χ4v) is 3.22. The molecule has 0 saturated carbocycles. The maximum Gasteiger partial charge on any atom is 0.243 e. The molecule has 1 aromatic rings. The molecule has 0 atom stereocenters. The second-order valence-electron chi connectivity index (χ2n) is 7.77. The Labute approximate surface area is 169 Å². The van der Waals surface area contributed by atoms with Crippen LogP contribution in [0.5, 0.6) is 0 Å². The van der Waals surface area contributed by atoms with Crippen molar-refractivity contribution >= 4 is 11.9 Å². The van der Waals surface area contributed by atoms with E-state index in [2.05, 4.69) is 58.3 Å². The largest absolute Gasteiger partial charge is 0.356 e. The Morgan fingerprint density at radius 2 is 1.93 bits per heavy atom.